The highest BCUT2D eigenvalue weighted by molar-refractivity contribution is 5.83. The van der Waals surface area contributed by atoms with E-state index >= 15 is 0 Å². The van der Waals surface area contributed by atoms with Gasteiger partial charge in [-0.05, 0) is 31.4 Å². The number of rotatable bonds is 6. The van der Waals surface area contributed by atoms with Gasteiger partial charge in [0.05, 0.1) is 12.6 Å². The largest absolute Gasteiger partial charge is 0.394 e. The SMILES string of the molecule is CCc1cc(NC(CO)Cc2c[nH]c3ccccc23)nc(C)n1. The van der Waals surface area contributed by atoms with Gasteiger partial charge in [-0.2, -0.15) is 0 Å². The summed E-state index contributed by atoms with van der Waals surface area (Å²) in [7, 11) is 0. The minimum absolute atomic E-state index is 0.0457. The first-order valence-corrected chi connectivity index (χ1v) is 7.96. The van der Waals surface area contributed by atoms with Crippen molar-refractivity contribution in [1.29, 1.82) is 0 Å². The van der Waals surface area contributed by atoms with Crippen molar-refractivity contribution in [2.45, 2.75) is 32.7 Å². The first-order valence-electron chi connectivity index (χ1n) is 7.96. The summed E-state index contributed by atoms with van der Waals surface area (Å²) in [4.78, 5) is 12.1. The number of aromatic amines is 1. The van der Waals surface area contributed by atoms with Gasteiger partial charge >= 0.3 is 0 Å². The number of aromatic nitrogens is 3. The minimum atomic E-state index is -0.0896. The second kappa shape index (κ2) is 6.79. The third-order valence-corrected chi connectivity index (χ3v) is 3.97. The van der Waals surface area contributed by atoms with E-state index in [0.717, 1.165) is 35.7 Å². The van der Waals surface area contributed by atoms with E-state index in [0.29, 0.717) is 0 Å². The number of fused-ring (bicyclic) bond motifs is 1. The molecule has 2 aromatic heterocycles. The molecule has 3 aromatic rings. The number of benzene rings is 1. The standard InChI is InChI=1S/C18H22N4O/c1-3-14-9-18(21-12(2)20-14)22-15(11-23)8-13-10-19-17-7-5-4-6-16(13)17/h4-7,9-10,15,19,23H,3,8,11H2,1-2H3,(H,20,21,22). The van der Waals surface area contributed by atoms with Gasteiger partial charge in [0.2, 0.25) is 0 Å². The predicted molar refractivity (Wildman–Crippen MR) is 92.6 cm³/mol. The summed E-state index contributed by atoms with van der Waals surface area (Å²) >= 11 is 0. The second-order valence-electron chi connectivity index (χ2n) is 5.73. The number of anilines is 1. The highest BCUT2D eigenvalue weighted by Gasteiger charge is 2.13. The molecule has 5 heteroatoms. The average molecular weight is 310 g/mol. The van der Waals surface area contributed by atoms with Crippen LogP contribution in [0.5, 0.6) is 0 Å². The molecule has 2 heterocycles. The van der Waals surface area contributed by atoms with Crippen molar-refractivity contribution in [2.75, 3.05) is 11.9 Å². The summed E-state index contributed by atoms with van der Waals surface area (Å²) in [5, 5.41) is 14.3. The van der Waals surface area contributed by atoms with Crippen LogP contribution < -0.4 is 5.32 Å². The van der Waals surface area contributed by atoms with Crippen molar-refractivity contribution < 1.29 is 5.11 Å². The van der Waals surface area contributed by atoms with E-state index in [4.69, 9.17) is 0 Å². The Hall–Kier alpha value is -2.40. The molecule has 0 aliphatic carbocycles. The quantitative estimate of drug-likeness (QED) is 0.654. The Kier molecular flexibility index (Phi) is 4.57. The van der Waals surface area contributed by atoms with Crippen LogP contribution in [0.3, 0.4) is 0 Å². The van der Waals surface area contributed by atoms with Crippen molar-refractivity contribution >= 4 is 16.7 Å². The van der Waals surface area contributed by atoms with E-state index in [2.05, 4.69) is 39.3 Å². The zero-order chi connectivity index (χ0) is 16.2. The number of aliphatic hydroxyl groups excluding tert-OH is 1. The van der Waals surface area contributed by atoms with Gasteiger partial charge in [-0.25, -0.2) is 9.97 Å². The molecule has 5 nitrogen and oxygen atoms in total. The molecule has 0 aliphatic rings. The Morgan fingerprint density at radius 2 is 2.09 bits per heavy atom. The van der Waals surface area contributed by atoms with Gasteiger partial charge in [-0.1, -0.05) is 25.1 Å². The smallest absolute Gasteiger partial charge is 0.130 e. The summed E-state index contributed by atoms with van der Waals surface area (Å²) in [6.45, 7) is 4.00. The number of nitrogens with zero attached hydrogens (tertiary/aromatic N) is 2. The number of nitrogens with one attached hydrogen (secondary N) is 2. The normalized spacial score (nSPS) is 12.5. The van der Waals surface area contributed by atoms with Gasteiger partial charge in [0, 0.05) is 28.9 Å². The lowest BCUT2D eigenvalue weighted by atomic mass is 10.1. The number of hydrogen-bond acceptors (Lipinski definition) is 4. The van der Waals surface area contributed by atoms with Crippen LogP contribution in [-0.2, 0) is 12.8 Å². The fourth-order valence-corrected chi connectivity index (χ4v) is 2.82. The van der Waals surface area contributed by atoms with E-state index in [-0.39, 0.29) is 12.6 Å². The number of aliphatic hydroxyl groups is 1. The molecule has 0 aliphatic heterocycles. The highest BCUT2D eigenvalue weighted by atomic mass is 16.3. The molecule has 0 spiro atoms. The van der Waals surface area contributed by atoms with Crippen LogP contribution in [0.1, 0.15) is 24.0 Å². The molecule has 0 saturated carbocycles. The van der Waals surface area contributed by atoms with E-state index in [1.54, 1.807) is 0 Å². The Bertz CT molecular complexity index is 797. The molecular formula is C18H22N4O. The van der Waals surface area contributed by atoms with Crippen LogP contribution in [0.15, 0.2) is 36.5 Å². The monoisotopic (exact) mass is 310 g/mol. The number of hydrogen-bond donors (Lipinski definition) is 3. The highest BCUT2D eigenvalue weighted by Crippen LogP contribution is 2.20. The van der Waals surface area contributed by atoms with Crippen molar-refractivity contribution in [3.63, 3.8) is 0 Å². The molecule has 120 valence electrons. The van der Waals surface area contributed by atoms with Crippen LogP contribution in [0.25, 0.3) is 10.9 Å². The minimum Gasteiger partial charge on any atom is -0.394 e. The maximum absolute atomic E-state index is 9.74. The first kappa shape index (κ1) is 15.5. The average Bonchev–Trinajstić information content (AvgIpc) is 2.97. The molecule has 0 amide bonds. The molecule has 0 bridgehead atoms. The van der Waals surface area contributed by atoms with Crippen molar-refractivity contribution in [1.82, 2.24) is 15.0 Å². The summed E-state index contributed by atoms with van der Waals surface area (Å²) < 4.78 is 0. The topological polar surface area (TPSA) is 73.8 Å². The molecule has 1 unspecified atom stereocenters. The maximum Gasteiger partial charge on any atom is 0.130 e. The van der Waals surface area contributed by atoms with Crippen molar-refractivity contribution in [3.8, 4) is 0 Å². The van der Waals surface area contributed by atoms with Crippen LogP contribution >= 0.6 is 0 Å². The fraction of sp³-hybridized carbons (Fsp3) is 0.333. The van der Waals surface area contributed by atoms with Crippen LogP contribution in [-0.4, -0.2) is 32.7 Å². The molecule has 0 saturated heterocycles. The van der Waals surface area contributed by atoms with E-state index in [1.807, 2.05) is 31.3 Å². The summed E-state index contributed by atoms with van der Waals surface area (Å²) in [6, 6.07) is 10.1. The number of para-hydroxylation sites is 1. The van der Waals surface area contributed by atoms with Crippen molar-refractivity contribution in [2.24, 2.45) is 0 Å². The van der Waals surface area contributed by atoms with Crippen LogP contribution in [0.4, 0.5) is 5.82 Å². The summed E-state index contributed by atoms with van der Waals surface area (Å²) in [6.07, 6.45) is 3.60. The molecule has 3 N–H and O–H groups in total. The number of aryl methyl sites for hydroxylation is 2. The Morgan fingerprint density at radius 3 is 2.87 bits per heavy atom. The van der Waals surface area contributed by atoms with Gasteiger partial charge in [0.1, 0.15) is 11.6 Å². The van der Waals surface area contributed by atoms with E-state index < -0.39 is 0 Å². The molecule has 0 radical (unpaired) electrons. The lowest BCUT2D eigenvalue weighted by Gasteiger charge is -2.17. The molecular weight excluding hydrogens is 288 g/mol. The van der Waals surface area contributed by atoms with Gasteiger partial charge in [-0.15, -0.1) is 0 Å². The molecule has 3 rings (SSSR count). The summed E-state index contributed by atoms with van der Waals surface area (Å²) in [5.41, 5.74) is 3.31. The van der Waals surface area contributed by atoms with Gasteiger partial charge in [0.25, 0.3) is 0 Å². The van der Waals surface area contributed by atoms with Gasteiger partial charge < -0.3 is 15.4 Å². The first-order chi connectivity index (χ1) is 11.2. The predicted octanol–water partition coefficient (Wildman–Crippen LogP) is 2.84. The Morgan fingerprint density at radius 1 is 1.26 bits per heavy atom. The van der Waals surface area contributed by atoms with E-state index in [9.17, 15) is 5.11 Å². The Labute approximate surface area is 135 Å². The van der Waals surface area contributed by atoms with Gasteiger partial charge in [0.15, 0.2) is 0 Å². The van der Waals surface area contributed by atoms with Crippen LogP contribution in [0.2, 0.25) is 0 Å². The maximum atomic E-state index is 9.74. The zero-order valence-electron chi connectivity index (χ0n) is 13.5. The van der Waals surface area contributed by atoms with Crippen molar-refractivity contribution in [3.05, 3.63) is 53.6 Å². The van der Waals surface area contributed by atoms with Crippen LogP contribution in [0, 0.1) is 6.92 Å². The number of H-pyrrole nitrogens is 1. The molecule has 23 heavy (non-hydrogen) atoms. The summed E-state index contributed by atoms with van der Waals surface area (Å²) in [5.74, 6) is 1.52. The fourth-order valence-electron chi connectivity index (χ4n) is 2.82. The molecule has 1 aromatic carbocycles. The van der Waals surface area contributed by atoms with E-state index in [1.165, 1.54) is 10.9 Å². The third-order valence-electron chi connectivity index (χ3n) is 3.97. The second-order valence-corrected chi connectivity index (χ2v) is 5.73. The lowest BCUT2D eigenvalue weighted by molar-refractivity contribution is 0.273. The third kappa shape index (κ3) is 3.51. The zero-order valence-corrected chi connectivity index (χ0v) is 13.5. The van der Waals surface area contributed by atoms with Gasteiger partial charge in [-0.3, -0.25) is 0 Å². The lowest BCUT2D eigenvalue weighted by Crippen LogP contribution is -2.27. The molecule has 1 atom stereocenters. The Balaban J connectivity index is 1.79. The molecule has 0 fully saturated rings.